The van der Waals surface area contributed by atoms with Gasteiger partial charge in [0.2, 0.25) is 0 Å². The summed E-state index contributed by atoms with van der Waals surface area (Å²) < 4.78 is 31.5. The number of carboxylic acids is 1. The summed E-state index contributed by atoms with van der Waals surface area (Å²) in [6.07, 6.45) is 3.77. The molecule has 1 N–H and O–H groups in total. The minimum Gasteiger partial charge on any atom is -0.755 e. The lowest BCUT2D eigenvalue weighted by molar-refractivity contribution is -0.139. The molecule has 8 heteroatoms. The van der Waals surface area contributed by atoms with Crippen LogP contribution in [0.15, 0.2) is 60.8 Å². The van der Waals surface area contributed by atoms with Crippen molar-refractivity contribution in [2.45, 2.75) is 45.1 Å². The second-order valence-corrected chi connectivity index (χ2v) is 9.47. The van der Waals surface area contributed by atoms with Crippen molar-refractivity contribution in [3.05, 3.63) is 77.5 Å². The third kappa shape index (κ3) is 5.13. The topological polar surface area (TPSA) is 103 Å². The molecule has 1 aliphatic carbocycles. The van der Waals surface area contributed by atoms with Crippen LogP contribution >= 0.6 is 0 Å². The maximum Gasteiger partial charge on any atom is 0.341 e. The third-order valence-corrected chi connectivity index (χ3v) is 6.85. The quantitative estimate of drug-likeness (QED) is 0.456. The molecule has 0 fully saturated rings. The van der Waals surface area contributed by atoms with E-state index in [1.165, 1.54) is 9.87 Å². The number of pyridine rings is 1. The van der Waals surface area contributed by atoms with Crippen molar-refractivity contribution >= 4 is 23.1 Å². The normalized spacial score (nSPS) is 16.1. The van der Waals surface area contributed by atoms with E-state index in [0.29, 0.717) is 30.3 Å². The molecular weight excluding hydrogens is 452 g/mol. The van der Waals surface area contributed by atoms with Gasteiger partial charge in [0.05, 0.1) is 6.04 Å². The second-order valence-electron chi connectivity index (χ2n) is 8.64. The van der Waals surface area contributed by atoms with Gasteiger partial charge in [-0.1, -0.05) is 50.2 Å². The van der Waals surface area contributed by atoms with Gasteiger partial charge in [-0.05, 0) is 65.6 Å². The summed E-state index contributed by atoms with van der Waals surface area (Å²) in [5.41, 5.74) is 4.83. The number of aromatic nitrogens is 1. The molecule has 1 heterocycles. The van der Waals surface area contributed by atoms with Crippen LogP contribution in [0.25, 0.3) is 11.1 Å². The van der Waals surface area contributed by atoms with Crippen LogP contribution in [0.2, 0.25) is 0 Å². The van der Waals surface area contributed by atoms with Crippen molar-refractivity contribution < 1.29 is 23.4 Å². The van der Waals surface area contributed by atoms with E-state index < -0.39 is 29.9 Å². The van der Waals surface area contributed by atoms with Gasteiger partial charge in [-0.2, -0.15) is 0 Å². The lowest BCUT2D eigenvalue weighted by Gasteiger charge is -2.37. The maximum absolute atomic E-state index is 12.4. The lowest BCUT2D eigenvalue weighted by Crippen LogP contribution is -2.33. The number of rotatable bonds is 8. The summed E-state index contributed by atoms with van der Waals surface area (Å²) >= 11 is -2.55. The SMILES string of the molecule is CC(C)c1cccc(-c2ccc(N(C3CCCc4c(OCC(=O)O)cccc43)S(=O)[O-])nc2)c1. The Hall–Kier alpha value is -3.23. The van der Waals surface area contributed by atoms with Crippen LogP contribution in [0.1, 0.15) is 55.3 Å². The number of anilines is 1. The van der Waals surface area contributed by atoms with E-state index in [1.54, 1.807) is 24.4 Å². The van der Waals surface area contributed by atoms with Gasteiger partial charge in [0, 0.05) is 23.0 Å². The Kier molecular flexibility index (Phi) is 7.29. The highest BCUT2D eigenvalue weighted by Crippen LogP contribution is 2.41. The number of benzene rings is 2. The zero-order valence-corrected chi connectivity index (χ0v) is 20.0. The Morgan fingerprint density at radius 2 is 2.00 bits per heavy atom. The smallest absolute Gasteiger partial charge is 0.341 e. The van der Waals surface area contributed by atoms with Gasteiger partial charge in [0.15, 0.2) is 6.61 Å². The van der Waals surface area contributed by atoms with Crippen LogP contribution in [0.5, 0.6) is 5.75 Å². The molecule has 0 radical (unpaired) electrons. The Balaban J connectivity index is 1.65. The number of ether oxygens (including phenoxy) is 1. The van der Waals surface area contributed by atoms with E-state index in [4.69, 9.17) is 9.84 Å². The Bertz CT molecular complexity index is 1200. The monoisotopic (exact) mass is 479 g/mol. The Morgan fingerprint density at radius 3 is 2.68 bits per heavy atom. The molecule has 0 saturated carbocycles. The average molecular weight is 480 g/mol. The maximum atomic E-state index is 12.4. The average Bonchev–Trinajstić information content (AvgIpc) is 2.83. The fourth-order valence-corrected chi connectivity index (χ4v) is 5.10. The molecule has 2 unspecified atom stereocenters. The zero-order chi connectivity index (χ0) is 24.2. The van der Waals surface area contributed by atoms with Crippen LogP contribution in [0.3, 0.4) is 0 Å². The van der Waals surface area contributed by atoms with E-state index in [-0.39, 0.29) is 0 Å². The number of hydrogen-bond donors (Lipinski definition) is 1. The van der Waals surface area contributed by atoms with Crippen molar-refractivity contribution in [1.82, 2.24) is 4.98 Å². The summed E-state index contributed by atoms with van der Waals surface area (Å²) in [5.74, 6) is 0.165. The highest BCUT2D eigenvalue weighted by Gasteiger charge is 2.30. The molecule has 34 heavy (non-hydrogen) atoms. The van der Waals surface area contributed by atoms with Crippen LogP contribution in [-0.4, -0.2) is 31.4 Å². The van der Waals surface area contributed by atoms with Crippen LogP contribution < -0.4 is 9.04 Å². The van der Waals surface area contributed by atoms with Crippen molar-refractivity contribution in [3.63, 3.8) is 0 Å². The van der Waals surface area contributed by atoms with Gasteiger partial charge in [0.25, 0.3) is 0 Å². The molecule has 4 rings (SSSR count). The number of hydrogen-bond acceptors (Lipinski definition) is 5. The summed E-state index contributed by atoms with van der Waals surface area (Å²) in [4.78, 5) is 15.5. The summed E-state index contributed by atoms with van der Waals surface area (Å²) in [6, 6.07) is 16.8. The lowest BCUT2D eigenvalue weighted by atomic mass is 9.87. The first kappa shape index (κ1) is 23.9. The minimum atomic E-state index is -2.55. The highest BCUT2D eigenvalue weighted by atomic mass is 32.2. The van der Waals surface area contributed by atoms with E-state index >= 15 is 0 Å². The number of fused-ring (bicyclic) bond motifs is 1. The Labute approximate surface area is 201 Å². The molecule has 0 amide bonds. The van der Waals surface area contributed by atoms with Crippen molar-refractivity contribution in [2.24, 2.45) is 0 Å². The first-order valence-electron chi connectivity index (χ1n) is 11.3. The molecular formula is C26H27N2O5S-. The molecule has 0 bridgehead atoms. The fourth-order valence-electron chi connectivity index (χ4n) is 4.41. The van der Waals surface area contributed by atoms with Gasteiger partial charge >= 0.3 is 5.97 Å². The van der Waals surface area contributed by atoms with Gasteiger partial charge in [0.1, 0.15) is 11.6 Å². The molecule has 0 saturated heterocycles. The number of nitrogens with zero attached hydrogens (tertiary/aromatic N) is 2. The summed E-state index contributed by atoms with van der Waals surface area (Å²) in [6.45, 7) is 3.84. The summed E-state index contributed by atoms with van der Waals surface area (Å²) in [5, 5.41) is 8.96. The second kappa shape index (κ2) is 10.4. The molecule has 1 aliphatic rings. The predicted molar refractivity (Wildman–Crippen MR) is 130 cm³/mol. The Morgan fingerprint density at radius 1 is 1.21 bits per heavy atom. The highest BCUT2D eigenvalue weighted by molar-refractivity contribution is 7.80. The van der Waals surface area contributed by atoms with E-state index in [2.05, 4.69) is 31.0 Å². The van der Waals surface area contributed by atoms with Crippen LogP contribution in [0, 0.1) is 0 Å². The molecule has 7 nitrogen and oxygen atoms in total. The van der Waals surface area contributed by atoms with E-state index in [9.17, 15) is 13.6 Å². The van der Waals surface area contributed by atoms with Crippen molar-refractivity contribution in [1.29, 1.82) is 0 Å². The van der Waals surface area contributed by atoms with E-state index in [1.807, 2.05) is 24.3 Å². The number of carboxylic acid groups (broad SMARTS) is 1. The minimum absolute atomic E-state index is 0.340. The number of carbonyl (C=O) groups is 1. The van der Waals surface area contributed by atoms with Crippen molar-refractivity contribution in [3.8, 4) is 16.9 Å². The van der Waals surface area contributed by atoms with Gasteiger partial charge in [-0.25, -0.2) is 9.78 Å². The van der Waals surface area contributed by atoms with Gasteiger partial charge in [-0.3, -0.25) is 8.51 Å². The first-order valence-corrected chi connectivity index (χ1v) is 12.3. The molecule has 2 atom stereocenters. The molecule has 0 aliphatic heterocycles. The molecule has 1 aromatic heterocycles. The predicted octanol–water partition coefficient (Wildman–Crippen LogP) is 5.01. The molecule has 0 spiro atoms. The largest absolute Gasteiger partial charge is 0.755 e. The molecule has 2 aromatic carbocycles. The van der Waals surface area contributed by atoms with Crippen LogP contribution in [-0.2, 0) is 22.5 Å². The summed E-state index contributed by atoms with van der Waals surface area (Å²) in [7, 11) is 0. The standard InChI is InChI=1S/C26H28N2O5S/c1-17(2)18-6-3-7-19(14-18)20-12-13-25(27-15-20)28(34(31)32)23-10-4-9-22-21(23)8-5-11-24(22)33-16-26(29)30/h3,5-8,11-15,17,23H,4,9-10,16H2,1-2H3,(H,29,30)(H,31,32)/p-1. The number of aliphatic carboxylic acids is 1. The van der Waals surface area contributed by atoms with E-state index in [0.717, 1.165) is 28.7 Å². The van der Waals surface area contributed by atoms with Crippen molar-refractivity contribution in [2.75, 3.05) is 10.9 Å². The zero-order valence-electron chi connectivity index (χ0n) is 19.1. The van der Waals surface area contributed by atoms with Gasteiger partial charge < -0.3 is 14.4 Å². The molecule has 178 valence electrons. The third-order valence-electron chi connectivity index (χ3n) is 6.09. The first-order chi connectivity index (χ1) is 16.3. The van der Waals surface area contributed by atoms with Crippen LogP contribution in [0.4, 0.5) is 5.82 Å². The van der Waals surface area contributed by atoms with Gasteiger partial charge in [-0.15, -0.1) is 0 Å². The molecule has 3 aromatic rings. The fraction of sp³-hybridized carbons (Fsp3) is 0.308.